The Kier molecular flexibility index (Phi) is 7.67. The summed E-state index contributed by atoms with van der Waals surface area (Å²) in [5.74, 6) is -3.80. The summed E-state index contributed by atoms with van der Waals surface area (Å²) < 4.78 is 55.4. The lowest BCUT2D eigenvalue weighted by molar-refractivity contribution is -0.171. The average Bonchev–Trinajstić information content (AvgIpc) is 3.58. The molecular formula is C23H29F4N7O3. The molecule has 10 nitrogen and oxygen atoms in total. The van der Waals surface area contributed by atoms with Gasteiger partial charge in [0.25, 0.3) is 0 Å². The van der Waals surface area contributed by atoms with Crippen LogP contribution in [0.4, 0.5) is 17.6 Å². The van der Waals surface area contributed by atoms with Crippen molar-refractivity contribution < 1.29 is 31.9 Å². The molecular weight excluding hydrogens is 498 g/mol. The second kappa shape index (κ2) is 10.6. The van der Waals surface area contributed by atoms with Crippen LogP contribution in [-0.2, 0) is 28.0 Å². The summed E-state index contributed by atoms with van der Waals surface area (Å²) in [5, 5.41) is 10.5. The molecule has 3 amide bonds. The molecule has 2 aliphatic heterocycles. The van der Waals surface area contributed by atoms with E-state index in [1.54, 1.807) is 29.9 Å². The van der Waals surface area contributed by atoms with Crippen molar-refractivity contribution in [2.24, 2.45) is 18.7 Å². The fourth-order valence-electron chi connectivity index (χ4n) is 4.79. The van der Waals surface area contributed by atoms with Gasteiger partial charge < -0.3 is 20.9 Å². The summed E-state index contributed by atoms with van der Waals surface area (Å²) in [7, 11) is 1.73. The zero-order valence-corrected chi connectivity index (χ0v) is 20.2. The molecule has 0 saturated carbocycles. The van der Waals surface area contributed by atoms with Crippen LogP contribution in [0.2, 0.25) is 0 Å². The van der Waals surface area contributed by atoms with E-state index in [0.717, 1.165) is 10.4 Å². The van der Waals surface area contributed by atoms with Crippen LogP contribution in [0, 0.1) is 5.92 Å². The van der Waals surface area contributed by atoms with Crippen LogP contribution < -0.4 is 11.1 Å². The molecule has 0 aliphatic carbocycles. The van der Waals surface area contributed by atoms with Crippen molar-refractivity contribution >= 4 is 28.8 Å². The van der Waals surface area contributed by atoms with E-state index in [1.807, 2.05) is 0 Å². The van der Waals surface area contributed by atoms with Gasteiger partial charge in [-0.25, -0.2) is 9.07 Å². The maximum atomic E-state index is 13.5. The Hall–Kier alpha value is -3.29. The van der Waals surface area contributed by atoms with Gasteiger partial charge in [-0.05, 0) is 37.0 Å². The van der Waals surface area contributed by atoms with Gasteiger partial charge in [0.15, 0.2) is 0 Å². The molecule has 2 aliphatic rings. The highest BCUT2D eigenvalue weighted by atomic mass is 19.4. The van der Waals surface area contributed by atoms with Crippen molar-refractivity contribution in [1.82, 2.24) is 30.1 Å². The van der Waals surface area contributed by atoms with Crippen LogP contribution in [-0.4, -0.2) is 86.6 Å². The zero-order chi connectivity index (χ0) is 26.9. The molecule has 14 heteroatoms. The molecule has 0 bridgehead atoms. The van der Waals surface area contributed by atoms with Gasteiger partial charge in [0.2, 0.25) is 17.7 Å². The number of carbonyl (C=O) groups is 3. The third-order valence-electron chi connectivity index (χ3n) is 6.96. The predicted octanol–water partition coefficient (Wildman–Crippen LogP) is 1.04. The van der Waals surface area contributed by atoms with Crippen molar-refractivity contribution in [3.8, 4) is 0 Å². The van der Waals surface area contributed by atoms with E-state index in [-0.39, 0.29) is 44.8 Å². The number of aryl methyl sites for hydroxylation is 1. The smallest absolute Gasteiger partial charge is 0.350 e. The number of hydrogen-bond donors (Lipinski definition) is 2. The second-order valence-corrected chi connectivity index (χ2v) is 9.61. The van der Waals surface area contributed by atoms with Gasteiger partial charge in [0, 0.05) is 33.1 Å². The Balaban J connectivity index is 1.39. The number of halogens is 4. The van der Waals surface area contributed by atoms with Gasteiger partial charge in [-0.1, -0.05) is 11.3 Å². The molecule has 2 fully saturated rings. The Morgan fingerprint density at radius 2 is 2.00 bits per heavy atom. The number of amides is 3. The van der Waals surface area contributed by atoms with Gasteiger partial charge in [-0.3, -0.25) is 14.4 Å². The monoisotopic (exact) mass is 527 g/mol. The Morgan fingerprint density at radius 1 is 1.24 bits per heavy atom. The highest BCUT2D eigenvalue weighted by Crippen LogP contribution is 2.37. The quantitative estimate of drug-likeness (QED) is 0.519. The van der Waals surface area contributed by atoms with Crippen LogP contribution in [0.25, 0.3) is 11.0 Å². The number of likely N-dealkylation sites (tertiary alicyclic amines) is 2. The summed E-state index contributed by atoms with van der Waals surface area (Å²) in [6.45, 7) is -0.419. The van der Waals surface area contributed by atoms with Gasteiger partial charge in [-0.2, -0.15) is 13.2 Å². The molecule has 4 unspecified atom stereocenters. The van der Waals surface area contributed by atoms with Gasteiger partial charge >= 0.3 is 6.18 Å². The molecule has 3 N–H and O–H groups in total. The van der Waals surface area contributed by atoms with Crippen molar-refractivity contribution in [3.63, 3.8) is 0 Å². The van der Waals surface area contributed by atoms with Crippen molar-refractivity contribution in [2.45, 2.75) is 56.7 Å². The molecule has 0 radical (unpaired) electrons. The fourth-order valence-corrected chi connectivity index (χ4v) is 4.79. The molecule has 37 heavy (non-hydrogen) atoms. The normalized spacial score (nSPS) is 23.0. The van der Waals surface area contributed by atoms with Gasteiger partial charge in [-0.15, -0.1) is 5.10 Å². The highest BCUT2D eigenvalue weighted by molar-refractivity contribution is 5.91. The van der Waals surface area contributed by atoms with Crippen LogP contribution in [0.1, 0.15) is 31.2 Å². The molecule has 4 atom stereocenters. The number of aromatic nitrogens is 3. The first-order chi connectivity index (χ1) is 17.4. The largest absolute Gasteiger partial charge is 0.393 e. The van der Waals surface area contributed by atoms with Crippen LogP contribution in [0.3, 0.4) is 0 Å². The molecule has 0 spiro atoms. The number of rotatable bonds is 7. The van der Waals surface area contributed by atoms with Crippen LogP contribution >= 0.6 is 0 Å². The minimum atomic E-state index is -4.59. The van der Waals surface area contributed by atoms with Crippen LogP contribution in [0.15, 0.2) is 18.2 Å². The SMILES string of the molecule is Cn1nnc2cc(CNC(=O)C3CC(C(F)(F)F)CN3C(=O)C(N)CCC(=O)N3CCC(F)C3)ccc21. The zero-order valence-electron chi connectivity index (χ0n) is 20.2. The number of fused-ring (bicyclic) bond motifs is 1. The van der Waals surface area contributed by atoms with Crippen molar-refractivity contribution in [2.75, 3.05) is 19.6 Å². The molecule has 1 aromatic carbocycles. The van der Waals surface area contributed by atoms with E-state index >= 15 is 0 Å². The van der Waals surface area contributed by atoms with E-state index in [2.05, 4.69) is 15.6 Å². The lowest BCUT2D eigenvalue weighted by Gasteiger charge is -2.27. The van der Waals surface area contributed by atoms with E-state index in [9.17, 15) is 31.9 Å². The number of hydrogen-bond acceptors (Lipinski definition) is 6. The van der Waals surface area contributed by atoms with E-state index in [0.29, 0.717) is 11.1 Å². The maximum Gasteiger partial charge on any atom is 0.393 e. The maximum absolute atomic E-state index is 13.5. The Bertz CT molecular complexity index is 1170. The van der Waals surface area contributed by atoms with Gasteiger partial charge in [0.05, 0.1) is 24.0 Å². The van der Waals surface area contributed by atoms with Gasteiger partial charge in [0.1, 0.15) is 17.7 Å². The summed E-state index contributed by atoms with van der Waals surface area (Å²) >= 11 is 0. The highest BCUT2D eigenvalue weighted by Gasteiger charge is 2.51. The molecule has 3 heterocycles. The van der Waals surface area contributed by atoms with Crippen molar-refractivity contribution in [3.05, 3.63) is 23.8 Å². The molecule has 4 rings (SSSR count). The minimum Gasteiger partial charge on any atom is -0.350 e. The molecule has 202 valence electrons. The topological polar surface area (TPSA) is 126 Å². The minimum absolute atomic E-state index is 0.0204. The van der Waals surface area contributed by atoms with Crippen molar-refractivity contribution in [1.29, 1.82) is 0 Å². The Morgan fingerprint density at radius 3 is 2.68 bits per heavy atom. The van der Waals surface area contributed by atoms with E-state index < -0.39 is 55.1 Å². The average molecular weight is 528 g/mol. The first-order valence-electron chi connectivity index (χ1n) is 12.0. The number of nitrogens with one attached hydrogen (secondary N) is 1. The summed E-state index contributed by atoms with van der Waals surface area (Å²) in [4.78, 5) is 40.4. The number of nitrogens with zero attached hydrogens (tertiary/aromatic N) is 5. The number of alkyl halides is 4. The summed E-state index contributed by atoms with van der Waals surface area (Å²) in [6, 6.07) is 2.58. The summed E-state index contributed by atoms with van der Waals surface area (Å²) in [5.41, 5.74) is 7.98. The standard InChI is InChI=1S/C23H29F4N7O3/c1-32-18-4-2-13(8-17(18)30-31-32)10-29-21(36)19-9-14(23(25,26)27)11-34(19)22(37)16(28)3-5-20(35)33-7-6-15(24)12-33/h2,4,8,14-16,19H,3,5-7,9-12,28H2,1H3,(H,29,36). The van der Waals surface area contributed by atoms with E-state index in [1.165, 1.54) is 4.90 Å². The number of benzene rings is 1. The fraction of sp³-hybridized carbons (Fsp3) is 0.609. The first kappa shape index (κ1) is 26.8. The lowest BCUT2D eigenvalue weighted by atomic mass is 10.0. The number of carbonyl (C=O) groups excluding carboxylic acids is 3. The first-order valence-corrected chi connectivity index (χ1v) is 12.0. The lowest BCUT2D eigenvalue weighted by Crippen LogP contribution is -2.51. The van der Waals surface area contributed by atoms with Crippen LogP contribution in [0.5, 0.6) is 0 Å². The van der Waals surface area contributed by atoms with E-state index in [4.69, 9.17) is 5.73 Å². The predicted molar refractivity (Wildman–Crippen MR) is 123 cm³/mol. The molecule has 1 aromatic heterocycles. The third kappa shape index (κ3) is 6.00. The third-order valence-corrected chi connectivity index (χ3v) is 6.96. The number of nitrogens with two attached hydrogens (primary N) is 1. The summed E-state index contributed by atoms with van der Waals surface area (Å²) in [6.07, 6.45) is -6.29. The second-order valence-electron chi connectivity index (χ2n) is 9.61. The molecule has 2 aromatic rings. The molecule has 2 saturated heterocycles. The Labute approximate surface area is 210 Å².